The van der Waals surface area contributed by atoms with E-state index in [0.717, 1.165) is 19.3 Å². The quantitative estimate of drug-likeness (QED) is 0.114. The summed E-state index contributed by atoms with van der Waals surface area (Å²) in [5, 5.41) is 0. The number of nitrogens with two attached hydrogens (primary N) is 1. The molecule has 0 spiro atoms. The van der Waals surface area contributed by atoms with Crippen LogP contribution in [-0.4, -0.2) is 49.3 Å². The Morgan fingerprint density at radius 3 is 1.91 bits per heavy atom. The van der Waals surface area contributed by atoms with Crippen LogP contribution in [0.5, 0.6) is 0 Å². The molecular weight excluding hydrogens is 449 g/mol. The molecule has 10 heteroatoms. The number of hydrogen-bond acceptors (Lipinski definition) is 8. The maximum Gasteiger partial charge on any atom is 0.472 e. The van der Waals surface area contributed by atoms with E-state index in [-0.39, 0.29) is 32.6 Å². The van der Waals surface area contributed by atoms with Crippen LogP contribution in [0.15, 0.2) is 0 Å². The minimum absolute atomic E-state index is 0.0558. The second kappa shape index (κ2) is 21.5. The largest absolute Gasteiger partial charge is 0.472 e. The second-order valence-corrected chi connectivity index (χ2v) is 9.67. The summed E-state index contributed by atoms with van der Waals surface area (Å²) in [6.45, 7) is 3.40. The summed E-state index contributed by atoms with van der Waals surface area (Å²) in [6, 6.07) is 0. The van der Waals surface area contributed by atoms with Crippen LogP contribution in [0.25, 0.3) is 0 Å². The molecule has 2 atom stereocenters. The van der Waals surface area contributed by atoms with Crippen molar-refractivity contribution in [1.82, 2.24) is 0 Å². The van der Waals surface area contributed by atoms with E-state index in [2.05, 4.69) is 11.4 Å². The molecule has 0 radical (unpaired) electrons. The summed E-state index contributed by atoms with van der Waals surface area (Å²) in [5.74, 6) is -0.873. The van der Waals surface area contributed by atoms with Crippen LogP contribution >= 0.6 is 7.82 Å². The second-order valence-electron chi connectivity index (χ2n) is 8.22. The van der Waals surface area contributed by atoms with Gasteiger partial charge < -0.3 is 20.1 Å². The van der Waals surface area contributed by atoms with Crippen LogP contribution in [-0.2, 0) is 32.7 Å². The van der Waals surface area contributed by atoms with Crippen LogP contribution in [0.1, 0.15) is 104 Å². The van der Waals surface area contributed by atoms with Gasteiger partial charge in [-0.15, -0.1) is 0 Å². The van der Waals surface area contributed by atoms with Crippen molar-refractivity contribution in [2.75, 3.05) is 26.4 Å². The van der Waals surface area contributed by atoms with Crippen LogP contribution in [0.4, 0.5) is 0 Å². The number of hydrogen-bond donors (Lipinski definition) is 2. The van der Waals surface area contributed by atoms with Crippen molar-refractivity contribution in [1.29, 1.82) is 0 Å². The van der Waals surface area contributed by atoms with Crippen LogP contribution in [0, 0.1) is 0 Å². The van der Waals surface area contributed by atoms with Crippen molar-refractivity contribution >= 4 is 19.8 Å². The van der Waals surface area contributed by atoms with Crippen LogP contribution < -0.4 is 5.73 Å². The molecule has 0 heterocycles. The zero-order chi connectivity index (χ0) is 24.8. The van der Waals surface area contributed by atoms with Crippen molar-refractivity contribution < 1.29 is 37.6 Å². The normalized spacial score (nSPS) is 13.9. The van der Waals surface area contributed by atoms with Crippen molar-refractivity contribution in [2.45, 2.75) is 110 Å². The molecule has 0 fully saturated rings. The first kappa shape index (κ1) is 32.0. The standard InChI is InChI=1S/C23H46NO8P/c1-3-5-7-8-9-10-11-12-13-14-16-23(26)32-21(19-29-22(25)15-6-4-2)20-31-33(27,28)30-18-17-24/h21H,3-20,24H2,1-2H3,(H,27,28). The van der Waals surface area contributed by atoms with E-state index in [9.17, 15) is 19.0 Å². The fourth-order valence-corrected chi connectivity index (χ4v) is 3.84. The Morgan fingerprint density at radius 2 is 1.33 bits per heavy atom. The lowest BCUT2D eigenvalue weighted by Gasteiger charge is -2.19. The van der Waals surface area contributed by atoms with Gasteiger partial charge in [0.15, 0.2) is 6.10 Å². The monoisotopic (exact) mass is 495 g/mol. The van der Waals surface area contributed by atoms with Gasteiger partial charge in [0.05, 0.1) is 13.2 Å². The lowest BCUT2D eigenvalue weighted by molar-refractivity contribution is -0.161. The van der Waals surface area contributed by atoms with Gasteiger partial charge in [-0.2, -0.15) is 0 Å². The highest BCUT2D eigenvalue weighted by Crippen LogP contribution is 2.43. The maximum absolute atomic E-state index is 12.2. The minimum Gasteiger partial charge on any atom is -0.462 e. The van der Waals surface area contributed by atoms with Crippen molar-refractivity contribution in [3.8, 4) is 0 Å². The number of carbonyl (C=O) groups is 2. The van der Waals surface area contributed by atoms with Gasteiger partial charge in [-0.05, 0) is 12.8 Å². The van der Waals surface area contributed by atoms with Crippen molar-refractivity contribution in [3.63, 3.8) is 0 Å². The number of phosphoric acid groups is 1. The first-order valence-corrected chi connectivity index (χ1v) is 14.0. The highest BCUT2D eigenvalue weighted by molar-refractivity contribution is 7.47. The Hall–Kier alpha value is -0.990. The molecular formula is C23H46NO8P. The van der Waals surface area contributed by atoms with Gasteiger partial charge in [0.25, 0.3) is 0 Å². The Morgan fingerprint density at radius 1 is 0.788 bits per heavy atom. The van der Waals surface area contributed by atoms with Gasteiger partial charge in [0.1, 0.15) is 6.61 Å². The molecule has 0 aliphatic rings. The number of phosphoric ester groups is 1. The summed E-state index contributed by atoms with van der Waals surface area (Å²) < 4.78 is 31.8. The highest BCUT2D eigenvalue weighted by atomic mass is 31.2. The zero-order valence-electron chi connectivity index (χ0n) is 20.6. The fraction of sp³-hybridized carbons (Fsp3) is 0.913. The van der Waals surface area contributed by atoms with Gasteiger partial charge in [0, 0.05) is 19.4 Å². The van der Waals surface area contributed by atoms with E-state index in [1.807, 2.05) is 6.92 Å². The fourth-order valence-electron chi connectivity index (χ4n) is 3.08. The number of esters is 2. The topological polar surface area (TPSA) is 134 Å². The Balaban J connectivity index is 4.28. The van der Waals surface area contributed by atoms with E-state index in [1.165, 1.54) is 44.9 Å². The van der Waals surface area contributed by atoms with Crippen molar-refractivity contribution in [2.24, 2.45) is 5.73 Å². The number of unbranched alkanes of at least 4 members (excludes halogenated alkanes) is 10. The SMILES string of the molecule is CCCCCCCCCCCCC(=O)OC(COC(=O)CCCC)COP(=O)(O)OCCN. The van der Waals surface area contributed by atoms with Gasteiger partial charge in [-0.1, -0.05) is 78.1 Å². The summed E-state index contributed by atoms with van der Waals surface area (Å²) >= 11 is 0. The Kier molecular flexibility index (Phi) is 20.9. The first-order valence-electron chi connectivity index (χ1n) is 12.5. The molecule has 0 saturated heterocycles. The molecule has 9 nitrogen and oxygen atoms in total. The molecule has 0 aromatic rings. The molecule has 196 valence electrons. The predicted octanol–water partition coefficient (Wildman–Crippen LogP) is 5.03. The van der Waals surface area contributed by atoms with Gasteiger partial charge in [0.2, 0.25) is 0 Å². The smallest absolute Gasteiger partial charge is 0.462 e. The first-order chi connectivity index (χ1) is 15.8. The minimum atomic E-state index is -4.33. The van der Waals surface area contributed by atoms with Crippen molar-refractivity contribution in [3.05, 3.63) is 0 Å². The lowest BCUT2D eigenvalue weighted by atomic mass is 10.1. The molecule has 33 heavy (non-hydrogen) atoms. The van der Waals surface area contributed by atoms with E-state index < -0.39 is 32.5 Å². The summed E-state index contributed by atoms with van der Waals surface area (Å²) in [6.07, 6.45) is 12.6. The van der Waals surface area contributed by atoms with Gasteiger partial charge in [-0.3, -0.25) is 18.6 Å². The average Bonchev–Trinajstić information content (AvgIpc) is 2.79. The molecule has 0 aliphatic heterocycles. The molecule has 0 rings (SSSR count). The number of rotatable bonds is 23. The predicted molar refractivity (Wildman–Crippen MR) is 128 cm³/mol. The molecule has 0 amide bonds. The van der Waals surface area contributed by atoms with Gasteiger partial charge in [-0.25, -0.2) is 4.57 Å². The zero-order valence-corrected chi connectivity index (χ0v) is 21.5. The Labute approximate surface area is 199 Å². The third-order valence-corrected chi connectivity index (χ3v) is 5.98. The lowest BCUT2D eigenvalue weighted by Crippen LogP contribution is -2.29. The maximum atomic E-state index is 12.2. The molecule has 0 aromatic heterocycles. The van der Waals surface area contributed by atoms with E-state index in [1.54, 1.807) is 0 Å². The average molecular weight is 496 g/mol. The van der Waals surface area contributed by atoms with E-state index in [4.69, 9.17) is 19.7 Å². The Bertz CT molecular complexity index is 547. The summed E-state index contributed by atoms with van der Waals surface area (Å²) in [5.41, 5.74) is 5.25. The summed E-state index contributed by atoms with van der Waals surface area (Å²) in [4.78, 5) is 33.6. The molecule has 0 saturated carbocycles. The molecule has 0 bridgehead atoms. The van der Waals surface area contributed by atoms with E-state index >= 15 is 0 Å². The third-order valence-electron chi connectivity index (χ3n) is 4.99. The van der Waals surface area contributed by atoms with Crippen LogP contribution in [0.3, 0.4) is 0 Å². The van der Waals surface area contributed by atoms with Crippen LogP contribution in [0.2, 0.25) is 0 Å². The summed E-state index contributed by atoms with van der Waals surface area (Å²) in [7, 11) is -4.33. The van der Waals surface area contributed by atoms with Gasteiger partial charge >= 0.3 is 19.8 Å². The number of carbonyl (C=O) groups excluding carboxylic acids is 2. The molecule has 0 aromatic carbocycles. The molecule has 3 N–H and O–H groups in total. The molecule has 2 unspecified atom stereocenters. The highest BCUT2D eigenvalue weighted by Gasteiger charge is 2.25. The molecule has 0 aliphatic carbocycles. The van der Waals surface area contributed by atoms with E-state index in [0.29, 0.717) is 12.8 Å². The number of ether oxygens (including phenoxy) is 2. The third kappa shape index (κ3) is 21.3.